The fourth-order valence-electron chi connectivity index (χ4n) is 2.92. The lowest BCUT2D eigenvalue weighted by Crippen LogP contribution is -2.22. The maximum absolute atomic E-state index is 12.0. The number of nitrogens with zero attached hydrogens (tertiary/aromatic N) is 2. The van der Waals surface area contributed by atoms with Crippen LogP contribution in [0.4, 0.5) is 0 Å². The quantitative estimate of drug-likeness (QED) is 0.300. The topological polar surface area (TPSA) is 99.6 Å². The number of carbonyl (C=O) groups is 2. The van der Waals surface area contributed by atoms with E-state index in [2.05, 4.69) is 15.3 Å². The number of aromatic nitrogens is 2. The third-order valence-corrected chi connectivity index (χ3v) is 4.89. The van der Waals surface area contributed by atoms with Crippen molar-refractivity contribution in [3.63, 3.8) is 0 Å². The van der Waals surface area contributed by atoms with Gasteiger partial charge in [-0.1, -0.05) is 17.7 Å². The summed E-state index contributed by atoms with van der Waals surface area (Å²) in [7, 11) is 4.78. The minimum absolute atomic E-state index is 0.123. The highest BCUT2D eigenvalue weighted by Gasteiger charge is 2.17. The van der Waals surface area contributed by atoms with Crippen LogP contribution in [-0.2, 0) is 4.79 Å². The van der Waals surface area contributed by atoms with Crippen molar-refractivity contribution in [2.75, 3.05) is 27.9 Å². The first kappa shape index (κ1) is 25.6. The molecule has 174 valence electrons. The molecule has 0 aliphatic heterocycles. The van der Waals surface area contributed by atoms with Gasteiger partial charge in [0.2, 0.25) is 6.41 Å². The van der Waals surface area contributed by atoms with Gasteiger partial charge in [-0.15, -0.1) is 0 Å². The highest BCUT2D eigenvalue weighted by Crippen LogP contribution is 2.34. The molecule has 2 heterocycles. The second-order valence-corrected chi connectivity index (χ2v) is 7.18. The van der Waals surface area contributed by atoms with Gasteiger partial charge in [-0.2, -0.15) is 0 Å². The largest absolute Gasteiger partial charge is 0.494 e. The normalized spacial score (nSPS) is 9.88. The van der Waals surface area contributed by atoms with E-state index < -0.39 is 0 Å². The van der Waals surface area contributed by atoms with Crippen molar-refractivity contribution in [1.29, 1.82) is 0 Å². The number of aryl methyl sites for hydroxylation is 2. The number of ether oxygens (including phenoxy) is 3. The predicted molar refractivity (Wildman–Crippen MR) is 126 cm³/mol. The standard InChI is InChI=1S/C15H14ClN3O3.C9H12O2/c1-9-5-6-18-15(16)13(9)14-12(22-2)4-3-10(19-14)11(21)7-17-8-20;1-7-4-5-8(10-2)9(6-7)11-3/h3-6,8H,7H2,1-2H3,(H,17,20);4-6H,1-3H3. The zero-order valence-corrected chi connectivity index (χ0v) is 19.9. The number of halogens is 1. The number of carbonyl (C=O) groups excluding carboxylic acids is 2. The second-order valence-electron chi connectivity index (χ2n) is 6.82. The summed E-state index contributed by atoms with van der Waals surface area (Å²) in [5.74, 6) is 1.73. The number of hydrogen-bond acceptors (Lipinski definition) is 7. The van der Waals surface area contributed by atoms with E-state index in [1.807, 2.05) is 32.0 Å². The molecular formula is C24H26ClN3O5. The number of amides is 1. The summed E-state index contributed by atoms with van der Waals surface area (Å²) in [5, 5.41) is 2.60. The van der Waals surface area contributed by atoms with Crippen LogP contribution in [0.1, 0.15) is 21.6 Å². The Kier molecular flexibility index (Phi) is 9.62. The number of benzene rings is 1. The zero-order chi connectivity index (χ0) is 24.4. The van der Waals surface area contributed by atoms with Gasteiger partial charge in [-0.3, -0.25) is 9.59 Å². The Balaban J connectivity index is 0.000000294. The molecule has 33 heavy (non-hydrogen) atoms. The molecule has 1 N–H and O–H groups in total. The van der Waals surface area contributed by atoms with Crippen molar-refractivity contribution in [2.45, 2.75) is 13.8 Å². The number of hydrogen-bond donors (Lipinski definition) is 1. The van der Waals surface area contributed by atoms with Crippen molar-refractivity contribution in [3.05, 3.63) is 64.6 Å². The van der Waals surface area contributed by atoms with E-state index >= 15 is 0 Å². The van der Waals surface area contributed by atoms with Gasteiger partial charge in [0.15, 0.2) is 17.3 Å². The molecule has 0 saturated carbocycles. The van der Waals surface area contributed by atoms with Gasteiger partial charge in [-0.25, -0.2) is 9.97 Å². The van der Waals surface area contributed by atoms with Crippen LogP contribution in [0.15, 0.2) is 42.6 Å². The van der Waals surface area contributed by atoms with E-state index in [9.17, 15) is 9.59 Å². The Morgan fingerprint density at radius 3 is 2.27 bits per heavy atom. The molecule has 9 heteroatoms. The molecule has 0 spiro atoms. The molecule has 0 aliphatic rings. The van der Waals surface area contributed by atoms with Crippen LogP contribution in [0.3, 0.4) is 0 Å². The van der Waals surface area contributed by atoms with Gasteiger partial charge in [0, 0.05) is 11.8 Å². The van der Waals surface area contributed by atoms with Gasteiger partial charge in [-0.05, 0) is 55.3 Å². The van der Waals surface area contributed by atoms with Crippen molar-refractivity contribution >= 4 is 23.8 Å². The number of ketones is 1. The Morgan fingerprint density at radius 2 is 1.67 bits per heavy atom. The molecule has 8 nitrogen and oxygen atoms in total. The maximum atomic E-state index is 12.0. The zero-order valence-electron chi connectivity index (χ0n) is 19.1. The first-order chi connectivity index (χ1) is 15.9. The third-order valence-electron chi connectivity index (χ3n) is 4.60. The van der Waals surface area contributed by atoms with Crippen LogP contribution in [0, 0.1) is 13.8 Å². The number of Topliss-reactive ketones (excluding diaryl/α,β-unsaturated/α-hetero) is 1. The monoisotopic (exact) mass is 471 g/mol. The summed E-state index contributed by atoms with van der Waals surface area (Å²) >= 11 is 6.16. The molecular weight excluding hydrogens is 446 g/mol. The fraction of sp³-hybridized carbons (Fsp3) is 0.250. The third kappa shape index (κ3) is 6.66. The molecule has 0 unspecified atom stereocenters. The Morgan fingerprint density at radius 1 is 1.00 bits per heavy atom. The van der Waals surface area contributed by atoms with Gasteiger partial charge >= 0.3 is 0 Å². The lowest BCUT2D eigenvalue weighted by atomic mass is 10.1. The van der Waals surface area contributed by atoms with Gasteiger partial charge in [0.25, 0.3) is 0 Å². The molecule has 2 aromatic heterocycles. The maximum Gasteiger partial charge on any atom is 0.207 e. The van der Waals surface area contributed by atoms with E-state index in [0.29, 0.717) is 23.4 Å². The van der Waals surface area contributed by atoms with Gasteiger partial charge in [0.1, 0.15) is 22.3 Å². The molecule has 0 fully saturated rings. The summed E-state index contributed by atoms with van der Waals surface area (Å²) in [6.45, 7) is 3.76. The predicted octanol–water partition coefficient (Wildman–Crippen LogP) is 4.05. The minimum atomic E-state index is -0.311. The molecule has 3 aromatic rings. The van der Waals surface area contributed by atoms with E-state index in [0.717, 1.165) is 17.1 Å². The second kappa shape index (κ2) is 12.4. The van der Waals surface area contributed by atoms with Crippen molar-refractivity contribution in [3.8, 4) is 28.5 Å². The Bertz CT molecular complexity index is 1100. The Labute approximate surface area is 197 Å². The SMILES string of the molecule is COc1ccc(C(=O)CNC=O)nc1-c1c(C)ccnc1Cl.COc1ccc(C)cc1OC. The highest BCUT2D eigenvalue weighted by atomic mass is 35.5. The first-order valence-corrected chi connectivity index (χ1v) is 10.3. The molecule has 0 aliphatic carbocycles. The van der Waals surface area contributed by atoms with Crippen LogP contribution in [0.25, 0.3) is 11.3 Å². The molecule has 1 amide bonds. The number of pyridine rings is 2. The molecule has 1 aromatic carbocycles. The summed E-state index contributed by atoms with van der Waals surface area (Å²) in [6.07, 6.45) is 2.06. The summed E-state index contributed by atoms with van der Waals surface area (Å²) < 4.78 is 15.5. The minimum Gasteiger partial charge on any atom is -0.494 e. The lowest BCUT2D eigenvalue weighted by Gasteiger charge is -2.12. The lowest BCUT2D eigenvalue weighted by molar-refractivity contribution is -0.109. The molecule has 0 saturated heterocycles. The average Bonchev–Trinajstić information content (AvgIpc) is 2.82. The molecule has 3 rings (SSSR count). The van der Waals surface area contributed by atoms with Gasteiger partial charge in [0.05, 0.1) is 27.9 Å². The van der Waals surface area contributed by atoms with Crippen molar-refractivity contribution < 1.29 is 23.8 Å². The molecule has 0 bridgehead atoms. The number of nitrogens with one attached hydrogen (secondary N) is 1. The van der Waals surface area contributed by atoms with Crippen molar-refractivity contribution in [2.24, 2.45) is 0 Å². The Hall–Kier alpha value is -3.65. The van der Waals surface area contributed by atoms with Crippen LogP contribution in [0.2, 0.25) is 5.15 Å². The molecule has 0 radical (unpaired) electrons. The van der Waals surface area contributed by atoms with Crippen LogP contribution >= 0.6 is 11.6 Å². The highest BCUT2D eigenvalue weighted by molar-refractivity contribution is 6.32. The number of rotatable bonds is 8. The van der Waals surface area contributed by atoms with E-state index in [4.69, 9.17) is 25.8 Å². The average molecular weight is 472 g/mol. The van der Waals surface area contributed by atoms with Crippen LogP contribution in [0.5, 0.6) is 17.2 Å². The number of methoxy groups -OCH3 is 3. The van der Waals surface area contributed by atoms with E-state index in [-0.39, 0.29) is 23.2 Å². The fourth-order valence-corrected chi connectivity index (χ4v) is 3.22. The summed E-state index contributed by atoms with van der Waals surface area (Å²) in [6, 6.07) is 10.8. The van der Waals surface area contributed by atoms with E-state index in [1.54, 1.807) is 32.5 Å². The van der Waals surface area contributed by atoms with E-state index in [1.165, 1.54) is 18.7 Å². The summed E-state index contributed by atoms with van der Waals surface area (Å²) in [5.41, 5.74) is 3.29. The van der Waals surface area contributed by atoms with Crippen LogP contribution < -0.4 is 19.5 Å². The first-order valence-electron chi connectivity index (χ1n) is 9.91. The smallest absolute Gasteiger partial charge is 0.207 e. The van der Waals surface area contributed by atoms with Gasteiger partial charge < -0.3 is 19.5 Å². The molecule has 0 atom stereocenters. The summed E-state index contributed by atoms with van der Waals surface area (Å²) in [4.78, 5) is 30.6. The van der Waals surface area contributed by atoms with Crippen LogP contribution in [-0.4, -0.2) is 50.0 Å². The van der Waals surface area contributed by atoms with Crippen molar-refractivity contribution in [1.82, 2.24) is 15.3 Å².